The molecule has 7 heteroatoms. The molecule has 0 radical (unpaired) electrons. The van der Waals surface area contributed by atoms with Gasteiger partial charge in [-0.25, -0.2) is 4.98 Å². The molecule has 1 N–H and O–H groups in total. The summed E-state index contributed by atoms with van der Waals surface area (Å²) in [4.78, 5) is 24.9. The van der Waals surface area contributed by atoms with Crippen molar-refractivity contribution in [3.8, 4) is 0 Å². The number of ether oxygens (including phenoxy) is 1. The van der Waals surface area contributed by atoms with Crippen LogP contribution in [0.15, 0.2) is 29.2 Å². The summed E-state index contributed by atoms with van der Waals surface area (Å²) in [7, 11) is 2.07. The maximum atomic E-state index is 12.4. The molecule has 0 atom stereocenters. The first kappa shape index (κ1) is 18.4. The Labute approximate surface area is 169 Å². The first-order valence-electron chi connectivity index (χ1n) is 10.3. The lowest BCUT2D eigenvalue weighted by Gasteiger charge is -2.35. The lowest BCUT2D eigenvalue weighted by molar-refractivity contribution is 0.110. The summed E-state index contributed by atoms with van der Waals surface area (Å²) in [6.07, 6.45) is 2.74. The number of fused-ring (bicyclic) bond motifs is 3. The summed E-state index contributed by atoms with van der Waals surface area (Å²) in [6.45, 7) is 8.04. The van der Waals surface area contributed by atoms with E-state index in [4.69, 9.17) is 4.74 Å². The highest BCUT2D eigenvalue weighted by atomic mass is 16.5. The summed E-state index contributed by atoms with van der Waals surface area (Å²) in [5, 5.41) is 1.15. The average Bonchev–Trinajstić information content (AvgIpc) is 3.07. The number of hydrogen-bond donors (Lipinski definition) is 1. The number of anilines is 1. The molecule has 7 nitrogen and oxygen atoms in total. The topological polar surface area (TPSA) is 66.4 Å². The van der Waals surface area contributed by atoms with Crippen LogP contribution < -0.4 is 10.5 Å². The summed E-state index contributed by atoms with van der Waals surface area (Å²) in [5.41, 5.74) is 5.29. The minimum absolute atomic E-state index is 0.0108. The van der Waals surface area contributed by atoms with Crippen molar-refractivity contribution in [1.82, 2.24) is 19.4 Å². The monoisotopic (exact) mass is 393 g/mol. The van der Waals surface area contributed by atoms with E-state index in [2.05, 4.69) is 56.5 Å². The van der Waals surface area contributed by atoms with E-state index in [1.807, 2.05) is 6.20 Å². The summed E-state index contributed by atoms with van der Waals surface area (Å²) in [6, 6.07) is 6.50. The lowest BCUT2D eigenvalue weighted by atomic mass is 9.98. The van der Waals surface area contributed by atoms with Crippen LogP contribution in [0.5, 0.6) is 0 Å². The van der Waals surface area contributed by atoms with Crippen molar-refractivity contribution in [2.75, 3.05) is 37.7 Å². The molecule has 0 saturated carbocycles. The van der Waals surface area contributed by atoms with E-state index in [9.17, 15) is 4.79 Å². The molecule has 29 heavy (non-hydrogen) atoms. The smallest absolute Gasteiger partial charge is 0.254 e. The number of pyridine rings is 1. The van der Waals surface area contributed by atoms with Gasteiger partial charge in [-0.2, -0.15) is 0 Å². The van der Waals surface area contributed by atoms with Gasteiger partial charge in [0.2, 0.25) is 5.95 Å². The van der Waals surface area contributed by atoms with Gasteiger partial charge >= 0.3 is 0 Å². The SMILES string of the molecule is Cc1cnc(N2CCN(Cc3ccc4c5c(c(=O)[nH]c4c3)COCC5)CC2)n1C. The van der Waals surface area contributed by atoms with Crippen molar-refractivity contribution in [1.29, 1.82) is 0 Å². The summed E-state index contributed by atoms with van der Waals surface area (Å²) in [5.74, 6) is 1.05. The van der Waals surface area contributed by atoms with Crippen LogP contribution >= 0.6 is 0 Å². The Morgan fingerprint density at radius 1 is 1.17 bits per heavy atom. The number of H-pyrrole nitrogens is 1. The van der Waals surface area contributed by atoms with Gasteiger partial charge < -0.3 is 19.2 Å². The molecule has 2 aliphatic rings. The van der Waals surface area contributed by atoms with Gasteiger partial charge in [-0.3, -0.25) is 9.69 Å². The van der Waals surface area contributed by atoms with Gasteiger partial charge in [-0.1, -0.05) is 12.1 Å². The zero-order valence-electron chi connectivity index (χ0n) is 17.1. The Morgan fingerprint density at radius 3 is 2.76 bits per heavy atom. The number of nitrogens with one attached hydrogen (secondary N) is 1. The lowest BCUT2D eigenvalue weighted by Crippen LogP contribution is -2.46. The fourth-order valence-corrected chi connectivity index (χ4v) is 4.48. The van der Waals surface area contributed by atoms with Crippen molar-refractivity contribution in [3.63, 3.8) is 0 Å². The van der Waals surface area contributed by atoms with Gasteiger partial charge in [-0.05, 0) is 30.5 Å². The number of aromatic nitrogens is 3. The number of aryl methyl sites for hydroxylation is 1. The third kappa shape index (κ3) is 3.34. The van der Waals surface area contributed by atoms with Gasteiger partial charge in [0, 0.05) is 61.9 Å². The molecule has 152 valence electrons. The molecule has 0 spiro atoms. The third-order valence-electron chi connectivity index (χ3n) is 6.30. The van der Waals surface area contributed by atoms with Gasteiger partial charge in [0.15, 0.2) is 0 Å². The van der Waals surface area contributed by atoms with Gasteiger partial charge in [0.05, 0.1) is 19.4 Å². The number of aromatic amines is 1. The van der Waals surface area contributed by atoms with Crippen LogP contribution in [0.1, 0.15) is 22.4 Å². The highest BCUT2D eigenvalue weighted by Crippen LogP contribution is 2.24. The fourth-order valence-electron chi connectivity index (χ4n) is 4.48. The number of imidazole rings is 1. The first-order valence-corrected chi connectivity index (χ1v) is 10.3. The minimum atomic E-state index is -0.0108. The average molecular weight is 393 g/mol. The molecule has 0 amide bonds. The number of benzene rings is 1. The Balaban J connectivity index is 1.31. The van der Waals surface area contributed by atoms with Gasteiger partial charge in [0.1, 0.15) is 0 Å². The van der Waals surface area contributed by atoms with Crippen LogP contribution in [-0.4, -0.2) is 52.2 Å². The molecular formula is C22H27N5O2. The normalized spacial score (nSPS) is 17.7. The Hall–Kier alpha value is -2.64. The van der Waals surface area contributed by atoms with E-state index >= 15 is 0 Å². The molecule has 0 bridgehead atoms. The van der Waals surface area contributed by atoms with Crippen LogP contribution in [0.25, 0.3) is 10.9 Å². The van der Waals surface area contributed by atoms with Gasteiger partial charge in [-0.15, -0.1) is 0 Å². The second-order valence-corrected chi connectivity index (χ2v) is 8.12. The Morgan fingerprint density at radius 2 is 2.00 bits per heavy atom. The van der Waals surface area contributed by atoms with Crippen molar-refractivity contribution in [2.45, 2.75) is 26.5 Å². The molecule has 1 aromatic carbocycles. The van der Waals surface area contributed by atoms with Crippen LogP contribution in [-0.2, 0) is 31.4 Å². The highest BCUT2D eigenvalue weighted by Gasteiger charge is 2.21. The minimum Gasteiger partial charge on any atom is -0.376 e. The Bertz CT molecular complexity index is 1110. The van der Waals surface area contributed by atoms with E-state index in [-0.39, 0.29) is 5.56 Å². The summed E-state index contributed by atoms with van der Waals surface area (Å²) < 4.78 is 7.62. The summed E-state index contributed by atoms with van der Waals surface area (Å²) >= 11 is 0. The largest absolute Gasteiger partial charge is 0.376 e. The van der Waals surface area contributed by atoms with Crippen molar-refractivity contribution < 1.29 is 4.74 Å². The van der Waals surface area contributed by atoms with Crippen LogP contribution in [0.4, 0.5) is 5.95 Å². The predicted molar refractivity (Wildman–Crippen MR) is 113 cm³/mol. The number of rotatable bonds is 3. The molecule has 3 aromatic rings. The van der Waals surface area contributed by atoms with Crippen LogP contribution in [0.2, 0.25) is 0 Å². The van der Waals surface area contributed by atoms with E-state index in [1.165, 1.54) is 11.3 Å². The molecule has 5 rings (SSSR count). The molecule has 0 unspecified atom stereocenters. The quantitative estimate of drug-likeness (QED) is 0.737. The molecule has 4 heterocycles. The third-order valence-corrected chi connectivity index (χ3v) is 6.30. The molecule has 1 fully saturated rings. The second-order valence-electron chi connectivity index (χ2n) is 8.12. The zero-order chi connectivity index (χ0) is 20.0. The Kier molecular flexibility index (Phi) is 4.64. The predicted octanol–water partition coefficient (Wildman–Crippen LogP) is 1.96. The highest BCUT2D eigenvalue weighted by molar-refractivity contribution is 5.83. The number of piperazine rings is 1. The van der Waals surface area contributed by atoms with Crippen LogP contribution in [0, 0.1) is 6.92 Å². The van der Waals surface area contributed by atoms with Gasteiger partial charge in [0.25, 0.3) is 5.56 Å². The standard InChI is InChI=1S/C22H27N5O2/c1-15-12-23-22(25(15)2)27-8-6-26(7-9-27)13-16-3-4-18-17-5-10-29-14-19(17)21(28)24-20(18)11-16/h3-4,11-12H,5-10,13-14H2,1-2H3,(H,24,28). The van der Waals surface area contributed by atoms with E-state index < -0.39 is 0 Å². The molecule has 2 aromatic heterocycles. The fraction of sp³-hybridized carbons (Fsp3) is 0.455. The van der Waals surface area contributed by atoms with Crippen molar-refractivity contribution in [3.05, 3.63) is 57.1 Å². The molecule has 0 aliphatic carbocycles. The molecule has 2 aliphatic heterocycles. The zero-order valence-corrected chi connectivity index (χ0v) is 17.1. The molecular weight excluding hydrogens is 366 g/mol. The molecule has 1 saturated heterocycles. The van der Waals surface area contributed by atoms with E-state index in [0.29, 0.717) is 13.2 Å². The van der Waals surface area contributed by atoms with Crippen LogP contribution in [0.3, 0.4) is 0 Å². The number of nitrogens with zero attached hydrogens (tertiary/aromatic N) is 4. The van der Waals surface area contributed by atoms with Crippen molar-refractivity contribution in [2.24, 2.45) is 7.05 Å². The first-order chi connectivity index (χ1) is 14.1. The maximum Gasteiger partial charge on any atom is 0.254 e. The number of hydrogen-bond acceptors (Lipinski definition) is 5. The van der Waals surface area contributed by atoms with E-state index in [1.54, 1.807) is 0 Å². The van der Waals surface area contributed by atoms with Crippen molar-refractivity contribution >= 4 is 16.9 Å². The second kappa shape index (κ2) is 7.31. The maximum absolute atomic E-state index is 12.4. The van der Waals surface area contributed by atoms with E-state index in [0.717, 1.165) is 67.1 Å².